The van der Waals surface area contributed by atoms with Crippen molar-refractivity contribution in [3.63, 3.8) is 0 Å². The Morgan fingerprint density at radius 3 is 2.54 bits per heavy atom. The number of thioether (sulfide) groups is 1. The number of hydrogen-bond acceptors (Lipinski definition) is 4. The summed E-state index contributed by atoms with van der Waals surface area (Å²) in [6.07, 6.45) is 2.67. The van der Waals surface area contributed by atoms with Crippen LogP contribution in [0.2, 0.25) is 0 Å². The van der Waals surface area contributed by atoms with Crippen molar-refractivity contribution in [2.45, 2.75) is 37.0 Å². The Morgan fingerprint density at radius 2 is 1.92 bits per heavy atom. The van der Waals surface area contributed by atoms with Crippen LogP contribution in [0, 0.1) is 5.21 Å². The summed E-state index contributed by atoms with van der Waals surface area (Å²) >= 11 is 1.23. The molecule has 126 valence electrons. The predicted octanol–water partition coefficient (Wildman–Crippen LogP) is 3.42. The second-order valence-corrected chi connectivity index (χ2v) is 6.73. The number of aromatic nitrogens is 1. The van der Waals surface area contributed by atoms with E-state index >= 15 is 0 Å². The second kappa shape index (κ2) is 8.49. The van der Waals surface area contributed by atoms with Crippen LogP contribution in [0.4, 0.5) is 5.69 Å². The summed E-state index contributed by atoms with van der Waals surface area (Å²) in [4.78, 5) is 24.0. The summed E-state index contributed by atoms with van der Waals surface area (Å²) in [5, 5.41) is 14.6. The fourth-order valence-electron chi connectivity index (χ4n) is 2.14. The highest BCUT2D eigenvalue weighted by Gasteiger charge is 2.20. The fraction of sp³-hybridized carbons (Fsp3) is 0.278. The molecule has 0 aliphatic carbocycles. The number of nitrogens with zero attached hydrogens (tertiary/aromatic N) is 1. The molecule has 2 aromatic rings. The van der Waals surface area contributed by atoms with Crippen LogP contribution in [-0.4, -0.2) is 16.9 Å². The van der Waals surface area contributed by atoms with E-state index < -0.39 is 0 Å². The molecule has 0 radical (unpaired) electrons. The number of anilines is 1. The summed E-state index contributed by atoms with van der Waals surface area (Å²) in [5.41, 5.74) is 1.22. The Morgan fingerprint density at radius 1 is 1.21 bits per heavy atom. The topological polar surface area (TPSA) is 73.1 Å². The van der Waals surface area contributed by atoms with Gasteiger partial charge in [0.25, 0.3) is 5.03 Å². The Balaban J connectivity index is 2.01. The van der Waals surface area contributed by atoms with Crippen LogP contribution in [0.3, 0.4) is 0 Å². The number of rotatable bonds is 7. The first-order chi connectivity index (χ1) is 11.5. The molecule has 1 atom stereocenters. The van der Waals surface area contributed by atoms with Crippen molar-refractivity contribution in [1.29, 1.82) is 0 Å². The smallest absolute Gasteiger partial charge is 0.252 e. The zero-order valence-electron chi connectivity index (χ0n) is 13.7. The SMILES string of the molecule is CCCC(=O)Nc1ccc(C(=O)C(C)Sc2cccc[n+]2[O-])cc1. The Hall–Kier alpha value is -2.34. The van der Waals surface area contributed by atoms with Crippen LogP contribution in [0.15, 0.2) is 53.7 Å². The maximum absolute atomic E-state index is 12.5. The van der Waals surface area contributed by atoms with E-state index in [1.165, 1.54) is 18.0 Å². The highest BCUT2D eigenvalue weighted by Crippen LogP contribution is 2.23. The van der Waals surface area contributed by atoms with Crippen molar-refractivity contribution in [3.05, 3.63) is 59.4 Å². The third-order valence-electron chi connectivity index (χ3n) is 3.39. The molecule has 1 heterocycles. The lowest BCUT2D eigenvalue weighted by molar-refractivity contribution is -0.645. The van der Waals surface area contributed by atoms with E-state index in [-0.39, 0.29) is 16.9 Å². The van der Waals surface area contributed by atoms with Gasteiger partial charge in [0, 0.05) is 29.8 Å². The summed E-state index contributed by atoms with van der Waals surface area (Å²) < 4.78 is 0.751. The van der Waals surface area contributed by atoms with Gasteiger partial charge >= 0.3 is 0 Å². The quantitative estimate of drug-likeness (QED) is 0.361. The number of Topliss-reactive ketones (excluding diaryl/α,β-unsaturated/α-hetero) is 1. The molecule has 0 aliphatic heterocycles. The minimum atomic E-state index is -0.381. The minimum absolute atomic E-state index is 0.0374. The number of amides is 1. The molecule has 5 nitrogen and oxygen atoms in total. The van der Waals surface area contributed by atoms with Gasteiger partial charge in [0.15, 0.2) is 12.0 Å². The van der Waals surface area contributed by atoms with Gasteiger partial charge < -0.3 is 10.5 Å². The predicted molar refractivity (Wildman–Crippen MR) is 95.0 cm³/mol. The van der Waals surface area contributed by atoms with Crippen LogP contribution < -0.4 is 10.0 Å². The number of carbonyl (C=O) groups excluding carboxylic acids is 2. The molecule has 0 saturated heterocycles. The lowest BCUT2D eigenvalue weighted by Gasteiger charge is -2.11. The zero-order valence-corrected chi connectivity index (χ0v) is 14.5. The van der Waals surface area contributed by atoms with Gasteiger partial charge in [-0.25, -0.2) is 0 Å². The van der Waals surface area contributed by atoms with E-state index in [0.29, 0.717) is 22.7 Å². The number of pyridine rings is 1. The number of benzene rings is 1. The number of nitrogens with one attached hydrogen (secondary N) is 1. The first-order valence-corrected chi connectivity index (χ1v) is 8.68. The van der Waals surface area contributed by atoms with Crippen molar-refractivity contribution in [2.75, 3.05) is 5.32 Å². The first-order valence-electron chi connectivity index (χ1n) is 7.80. The maximum Gasteiger partial charge on any atom is 0.252 e. The van der Waals surface area contributed by atoms with E-state index in [4.69, 9.17) is 0 Å². The lowest BCUT2D eigenvalue weighted by atomic mass is 10.1. The normalized spacial score (nSPS) is 11.8. The Kier molecular flexibility index (Phi) is 6.37. The largest absolute Gasteiger partial charge is 0.618 e. The lowest BCUT2D eigenvalue weighted by Crippen LogP contribution is -2.29. The molecule has 24 heavy (non-hydrogen) atoms. The van der Waals surface area contributed by atoms with Crippen LogP contribution in [-0.2, 0) is 4.79 Å². The van der Waals surface area contributed by atoms with E-state index in [1.54, 1.807) is 49.4 Å². The first kappa shape index (κ1) is 18.0. The van der Waals surface area contributed by atoms with Crippen LogP contribution in [0.5, 0.6) is 0 Å². The van der Waals surface area contributed by atoms with Gasteiger partial charge in [0.05, 0.1) is 5.25 Å². The molecule has 6 heteroatoms. The van der Waals surface area contributed by atoms with Crippen molar-refractivity contribution in [2.24, 2.45) is 0 Å². The third-order valence-corrected chi connectivity index (χ3v) is 4.51. The van der Waals surface area contributed by atoms with E-state index in [2.05, 4.69) is 5.32 Å². The standard InChI is InChI=1S/C18H20N2O3S/c1-3-6-16(21)19-15-10-8-14(9-11-15)18(22)13(2)24-17-7-4-5-12-20(17)23/h4-5,7-13H,3,6H2,1-2H3,(H,19,21). The molecular weight excluding hydrogens is 324 g/mol. The fourth-order valence-corrected chi connectivity index (χ4v) is 3.07. The Bertz CT molecular complexity index is 716. The molecule has 1 amide bonds. The molecule has 0 saturated carbocycles. The second-order valence-electron chi connectivity index (χ2n) is 5.36. The van der Waals surface area contributed by atoms with Crippen molar-refractivity contribution >= 4 is 29.1 Å². The molecule has 1 aromatic carbocycles. The van der Waals surface area contributed by atoms with Gasteiger partial charge in [0.1, 0.15) is 0 Å². The number of ketones is 1. The molecule has 1 N–H and O–H groups in total. The molecule has 0 spiro atoms. The monoisotopic (exact) mass is 344 g/mol. The summed E-state index contributed by atoms with van der Waals surface area (Å²) in [5.74, 6) is -0.0973. The van der Waals surface area contributed by atoms with Gasteiger partial charge in [-0.15, -0.1) is 0 Å². The van der Waals surface area contributed by atoms with Crippen LogP contribution >= 0.6 is 11.8 Å². The number of carbonyl (C=O) groups is 2. The number of hydrogen-bond donors (Lipinski definition) is 1. The van der Waals surface area contributed by atoms with Gasteiger partial charge in [0.2, 0.25) is 5.91 Å². The van der Waals surface area contributed by atoms with Gasteiger partial charge in [-0.05, 0) is 55.4 Å². The van der Waals surface area contributed by atoms with Crippen LogP contribution in [0.25, 0.3) is 0 Å². The van der Waals surface area contributed by atoms with Gasteiger partial charge in [-0.3, -0.25) is 9.59 Å². The highest BCUT2D eigenvalue weighted by atomic mass is 32.2. The van der Waals surface area contributed by atoms with Crippen LogP contribution in [0.1, 0.15) is 37.0 Å². The summed E-state index contributed by atoms with van der Waals surface area (Å²) in [7, 11) is 0. The van der Waals surface area contributed by atoms with Gasteiger partial charge in [-0.1, -0.05) is 6.92 Å². The molecule has 1 aromatic heterocycles. The molecule has 0 bridgehead atoms. The average Bonchev–Trinajstić information content (AvgIpc) is 2.57. The van der Waals surface area contributed by atoms with E-state index in [1.807, 2.05) is 6.92 Å². The molecule has 0 aliphatic rings. The molecular formula is C18H20N2O3S. The van der Waals surface area contributed by atoms with E-state index in [0.717, 1.165) is 11.2 Å². The average molecular weight is 344 g/mol. The van der Waals surface area contributed by atoms with Crippen molar-refractivity contribution in [1.82, 2.24) is 0 Å². The van der Waals surface area contributed by atoms with Crippen molar-refractivity contribution in [3.8, 4) is 0 Å². The van der Waals surface area contributed by atoms with E-state index in [9.17, 15) is 14.8 Å². The minimum Gasteiger partial charge on any atom is -0.618 e. The Labute approximate surface area is 145 Å². The van der Waals surface area contributed by atoms with Gasteiger partial charge in [-0.2, -0.15) is 4.73 Å². The molecule has 0 fully saturated rings. The summed E-state index contributed by atoms with van der Waals surface area (Å²) in [6.45, 7) is 3.72. The third kappa shape index (κ3) is 4.83. The zero-order chi connectivity index (χ0) is 17.5. The summed E-state index contributed by atoms with van der Waals surface area (Å²) in [6, 6.07) is 11.9. The molecule has 2 rings (SSSR count). The maximum atomic E-state index is 12.5. The van der Waals surface area contributed by atoms with Crippen molar-refractivity contribution < 1.29 is 14.3 Å². The molecule has 1 unspecified atom stereocenters. The highest BCUT2D eigenvalue weighted by molar-refractivity contribution is 8.00.